The van der Waals surface area contributed by atoms with Crippen molar-refractivity contribution in [3.63, 3.8) is 0 Å². The van der Waals surface area contributed by atoms with E-state index in [-0.39, 0.29) is 0 Å². The molecule has 0 unspecified atom stereocenters. The molecule has 0 aromatic rings. The first-order chi connectivity index (χ1) is 4.35. The Morgan fingerprint density at radius 1 is 1.22 bits per heavy atom. The predicted octanol–water partition coefficient (Wildman–Crippen LogP) is 2.81. The summed E-state index contributed by atoms with van der Waals surface area (Å²) in [7, 11) is -1.62. The molecule has 3 nitrogen and oxygen atoms in total. The molecule has 0 aliphatic carbocycles. The summed E-state index contributed by atoms with van der Waals surface area (Å²) in [6.45, 7) is 0.298. The third-order valence-corrected chi connectivity index (χ3v) is 1.84. The van der Waals surface area contributed by atoms with Crippen molar-refractivity contribution in [1.29, 1.82) is 0 Å². The Kier molecular flexibility index (Phi) is 8.24. The Morgan fingerprint density at radius 2 is 1.78 bits per heavy atom. The van der Waals surface area contributed by atoms with E-state index in [4.69, 9.17) is 39.9 Å². The number of alkyl halides is 1. The summed E-state index contributed by atoms with van der Waals surface area (Å²) >= 11 is 15.0. The summed E-state index contributed by atoms with van der Waals surface area (Å²) in [6, 6.07) is 0. The number of hydrogen-bond acceptors (Lipinski definition) is 3. The van der Waals surface area contributed by atoms with Gasteiger partial charge >= 0.3 is 8.60 Å². The summed E-state index contributed by atoms with van der Waals surface area (Å²) in [5, 5.41) is 0. The van der Waals surface area contributed by atoms with Crippen LogP contribution in [-0.4, -0.2) is 12.5 Å². The molecule has 7 heteroatoms. The number of hydrogen-bond donors (Lipinski definition) is 0. The Hall–Kier alpha value is 1.18. The van der Waals surface area contributed by atoms with Gasteiger partial charge in [0.15, 0.2) is 0 Å². The molecular weight excluding hydrogens is 209 g/mol. The molecule has 0 atom stereocenters. The average molecular weight is 213 g/mol. The standard InChI is InChI=1S/C2H4Cl3O3P/c3-1-2-6-9(7-4)8-5/h1-2H2. The van der Waals surface area contributed by atoms with Crippen molar-refractivity contribution in [3.05, 3.63) is 0 Å². The molecule has 0 fully saturated rings. The molecule has 0 radical (unpaired) electrons. The van der Waals surface area contributed by atoms with Crippen LogP contribution in [0.2, 0.25) is 0 Å². The Bertz CT molecular complexity index is 61.0. The second-order valence-corrected chi connectivity index (χ2v) is 3.07. The van der Waals surface area contributed by atoms with Gasteiger partial charge in [-0.15, -0.1) is 11.6 Å². The Balaban J connectivity index is 3.09. The van der Waals surface area contributed by atoms with Crippen LogP contribution in [0.5, 0.6) is 0 Å². The van der Waals surface area contributed by atoms with Crippen molar-refractivity contribution in [2.75, 3.05) is 12.5 Å². The van der Waals surface area contributed by atoms with E-state index in [0.29, 0.717) is 12.5 Å². The molecule has 56 valence electrons. The maximum absolute atomic E-state index is 5.25. The van der Waals surface area contributed by atoms with Crippen LogP contribution in [0.15, 0.2) is 0 Å². The van der Waals surface area contributed by atoms with Crippen LogP contribution in [-0.2, 0) is 12.7 Å². The van der Waals surface area contributed by atoms with Gasteiger partial charge in [0.1, 0.15) is 0 Å². The molecule has 9 heavy (non-hydrogen) atoms. The average Bonchev–Trinajstić information content (AvgIpc) is 1.91. The quantitative estimate of drug-likeness (QED) is 0.519. The van der Waals surface area contributed by atoms with Crippen molar-refractivity contribution in [2.45, 2.75) is 0 Å². The first-order valence-corrected chi connectivity index (χ1v) is 4.16. The molecule has 0 heterocycles. The van der Waals surface area contributed by atoms with E-state index in [2.05, 4.69) is 8.15 Å². The van der Waals surface area contributed by atoms with Crippen molar-refractivity contribution >= 4 is 43.9 Å². The van der Waals surface area contributed by atoms with Crippen LogP contribution < -0.4 is 0 Å². The topological polar surface area (TPSA) is 27.7 Å². The van der Waals surface area contributed by atoms with Gasteiger partial charge in [0.2, 0.25) is 0 Å². The van der Waals surface area contributed by atoms with Gasteiger partial charge in [-0.2, -0.15) is 8.15 Å². The normalized spacial score (nSPS) is 10.7. The van der Waals surface area contributed by atoms with E-state index in [0.717, 1.165) is 0 Å². The molecule has 0 aliphatic rings. The molecule has 0 aliphatic heterocycles. The fourth-order valence-corrected chi connectivity index (χ4v) is 1.18. The zero-order valence-electron chi connectivity index (χ0n) is 4.22. The van der Waals surface area contributed by atoms with Crippen LogP contribution in [0.4, 0.5) is 0 Å². The third-order valence-electron chi connectivity index (χ3n) is 0.387. The van der Waals surface area contributed by atoms with Crippen LogP contribution in [0.1, 0.15) is 0 Å². The number of rotatable bonds is 5. The minimum Gasteiger partial charge on any atom is -0.309 e. The van der Waals surface area contributed by atoms with Gasteiger partial charge in [0.25, 0.3) is 0 Å². The molecule has 0 rings (SSSR count). The zero-order chi connectivity index (χ0) is 7.11. The minimum absolute atomic E-state index is 0.298. The van der Waals surface area contributed by atoms with Crippen LogP contribution in [0.3, 0.4) is 0 Å². The van der Waals surface area contributed by atoms with Gasteiger partial charge in [-0.05, 0) is 0 Å². The molecule has 0 bridgehead atoms. The first-order valence-electron chi connectivity index (χ1n) is 1.91. The lowest BCUT2D eigenvalue weighted by Crippen LogP contribution is -1.89. The first kappa shape index (κ1) is 10.2. The van der Waals surface area contributed by atoms with Gasteiger partial charge in [0.05, 0.1) is 30.3 Å². The minimum atomic E-state index is -1.62. The summed E-state index contributed by atoms with van der Waals surface area (Å²) < 4.78 is 12.9. The van der Waals surface area contributed by atoms with E-state index in [1.54, 1.807) is 0 Å². The van der Waals surface area contributed by atoms with Gasteiger partial charge in [-0.1, -0.05) is 0 Å². The summed E-state index contributed by atoms with van der Waals surface area (Å²) in [5.41, 5.74) is 0. The van der Waals surface area contributed by atoms with E-state index in [1.807, 2.05) is 0 Å². The third kappa shape index (κ3) is 5.62. The van der Waals surface area contributed by atoms with Crippen LogP contribution >= 0.6 is 43.9 Å². The van der Waals surface area contributed by atoms with Crippen LogP contribution in [0.25, 0.3) is 0 Å². The lowest BCUT2D eigenvalue weighted by atomic mass is 10.9. The highest BCUT2D eigenvalue weighted by Crippen LogP contribution is 2.42. The van der Waals surface area contributed by atoms with Crippen molar-refractivity contribution < 1.29 is 12.7 Å². The summed E-state index contributed by atoms with van der Waals surface area (Å²) in [4.78, 5) is 0. The van der Waals surface area contributed by atoms with Gasteiger partial charge < -0.3 is 4.52 Å². The van der Waals surface area contributed by atoms with Crippen molar-refractivity contribution in [1.82, 2.24) is 0 Å². The highest BCUT2D eigenvalue weighted by molar-refractivity contribution is 7.43. The van der Waals surface area contributed by atoms with E-state index >= 15 is 0 Å². The lowest BCUT2D eigenvalue weighted by Gasteiger charge is -2.04. The maximum atomic E-state index is 5.25. The summed E-state index contributed by atoms with van der Waals surface area (Å²) in [5.74, 6) is 0.347. The maximum Gasteiger partial charge on any atom is 0.368 e. The van der Waals surface area contributed by atoms with E-state index < -0.39 is 8.60 Å². The highest BCUT2D eigenvalue weighted by Gasteiger charge is 2.09. The lowest BCUT2D eigenvalue weighted by molar-refractivity contribution is 0.294. The van der Waals surface area contributed by atoms with Gasteiger partial charge in [0, 0.05) is 5.88 Å². The number of halogens is 3. The second-order valence-electron chi connectivity index (χ2n) is 0.884. The molecule has 0 aromatic carbocycles. The Morgan fingerprint density at radius 3 is 2.11 bits per heavy atom. The molecule has 0 saturated heterocycles. The second kappa shape index (κ2) is 7.29. The fraction of sp³-hybridized carbons (Fsp3) is 1.00. The molecule has 0 saturated carbocycles. The van der Waals surface area contributed by atoms with Crippen molar-refractivity contribution in [2.24, 2.45) is 0 Å². The smallest absolute Gasteiger partial charge is 0.309 e. The highest BCUT2D eigenvalue weighted by atomic mass is 35.5. The molecule has 0 N–H and O–H groups in total. The fourth-order valence-electron chi connectivity index (χ4n) is 0.160. The Labute approximate surface area is 69.5 Å². The van der Waals surface area contributed by atoms with Crippen molar-refractivity contribution in [3.8, 4) is 0 Å². The molecule has 0 aromatic heterocycles. The zero-order valence-corrected chi connectivity index (χ0v) is 7.38. The van der Waals surface area contributed by atoms with E-state index in [1.165, 1.54) is 0 Å². The van der Waals surface area contributed by atoms with E-state index in [9.17, 15) is 0 Å². The predicted molar refractivity (Wildman–Crippen MR) is 37.5 cm³/mol. The molecular formula is C2H4Cl3O3P. The summed E-state index contributed by atoms with van der Waals surface area (Å²) in [6.07, 6.45) is 0. The van der Waals surface area contributed by atoms with Gasteiger partial charge in [-0.3, -0.25) is 0 Å². The SMILES string of the molecule is ClCCOP(OCl)OCl. The molecule has 0 spiro atoms. The van der Waals surface area contributed by atoms with Gasteiger partial charge in [-0.25, -0.2) is 0 Å². The largest absolute Gasteiger partial charge is 0.368 e. The monoisotopic (exact) mass is 212 g/mol. The molecule has 0 amide bonds. The van der Waals surface area contributed by atoms with Crippen LogP contribution in [0, 0.1) is 0 Å².